The molecule has 0 fully saturated rings. The van der Waals surface area contributed by atoms with Crippen LogP contribution in [-0.2, 0) is 6.54 Å². The summed E-state index contributed by atoms with van der Waals surface area (Å²) in [6.45, 7) is 5.93. The lowest BCUT2D eigenvalue weighted by Crippen LogP contribution is -2.21. The van der Waals surface area contributed by atoms with Crippen molar-refractivity contribution < 1.29 is 0 Å². The molecule has 0 amide bonds. The van der Waals surface area contributed by atoms with Crippen LogP contribution in [0.1, 0.15) is 31.0 Å². The molecule has 1 aromatic heterocycles. The minimum absolute atomic E-state index is 0.111. The molecular formula is C14H17BrClN3. The Morgan fingerprint density at radius 1 is 1.32 bits per heavy atom. The molecule has 3 nitrogen and oxygen atoms in total. The summed E-state index contributed by atoms with van der Waals surface area (Å²) >= 11 is 9.63. The molecule has 5 heteroatoms. The van der Waals surface area contributed by atoms with E-state index in [2.05, 4.69) is 52.5 Å². The second kappa shape index (κ2) is 6.55. The van der Waals surface area contributed by atoms with Gasteiger partial charge in [-0.25, -0.2) is 0 Å². The van der Waals surface area contributed by atoms with Crippen molar-refractivity contribution in [2.75, 3.05) is 6.54 Å². The Bertz CT molecular complexity index is 533. The van der Waals surface area contributed by atoms with Gasteiger partial charge in [0.25, 0.3) is 0 Å². The number of halogens is 2. The molecule has 0 aliphatic carbocycles. The van der Waals surface area contributed by atoms with Crippen LogP contribution in [0.25, 0.3) is 0 Å². The summed E-state index contributed by atoms with van der Waals surface area (Å²) in [6, 6.07) is 6.08. The van der Waals surface area contributed by atoms with Gasteiger partial charge in [0.15, 0.2) is 0 Å². The van der Waals surface area contributed by atoms with Gasteiger partial charge in [0.1, 0.15) is 0 Å². The molecule has 0 aliphatic rings. The summed E-state index contributed by atoms with van der Waals surface area (Å²) in [5, 5.41) is 8.55. The van der Waals surface area contributed by atoms with Gasteiger partial charge >= 0.3 is 0 Å². The van der Waals surface area contributed by atoms with Crippen molar-refractivity contribution in [3.63, 3.8) is 0 Å². The van der Waals surface area contributed by atoms with Gasteiger partial charge in [-0.1, -0.05) is 34.5 Å². The Balaban J connectivity index is 2.38. The normalized spacial score (nSPS) is 12.6. The van der Waals surface area contributed by atoms with Gasteiger partial charge in [0.2, 0.25) is 0 Å². The highest BCUT2D eigenvalue weighted by Crippen LogP contribution is 2.27. The second-order valence-electron chi connectivity index (χ2n) is 4.32. The molecule has 2 rings (SSSR count). The fourth-order valence-electron chi connectivity index (χ4n) is 2.08. The third-order valence-electron chi connectivity index (χ3n) is 2.94. The molecule has 19 heavy (non-hydrogen) atoms. The summed E-state index contributed by atoms with van der Waals surface area (Å²) in [4.78, 5) is 0. The highest BCUT2D eigenvalue weighted by molar-refractivity contribution is 9.10. The van der Waals surface area contributed by atoms with E-state index in [0.29, 0.717) is 0 Å². The Hall–Kier alpha value is -0.840. The largest absolute Gasteiger partial charge is 0.306 e. The van der Waals surface area contributed by atoms with E-state index in [4.69, 9.17) is 11.6 Å². The van der Waals surface area contributed by atoms with Gasteiger partial charge < -0.3 is 5.32 Å². The van der Waals surface area contributed by atoms with E-state index in [0.717, 1.165) is 33.7 Å². The van der Waals surface area contributed by atoms with E-state index >= 15 is 0 Å². The Morgan fingerprint density at radius 2 is 2.11 bits per heavy atom. The van der Waals surface area contributed by atoms with E-state index in [-0.39, 0.29) is 6.04 Å². The van der Waals surface area contributed by atoms with Gasteiger partial charge in [-0.15, -0.1) is 0 Å². The van der Waals surface area contributed by atoms with Crippen molar-refractivity contribution in [1.82, 2.24) is 15.1 Å². The van der Waals surface area contributed by atoms with Gasteiger partial charge in [0.05, 0.1) is 12.2 Å². The predicted octanol–water partition coefficient (Wildman–Crippen LogP) is 4.02. The number of aryl methyl sites for hydroxylation is 1. The zero-order valence-corrected chi connectivity index (χ0v) is 13.4. The lowest BCUT2D eigenvalue weighted by molar-refractivity contribution is 0.625. The van der Waals surface area contributed by atoms with Crippen molar-refractivity contribution in [2.45, 2.75) is 26.4 Å². The van der Waals surface area contributed by atoms with Crippen LogP contribution in [0.4, 0.5) is 0 Å². The zero-order chi connectivity index (χ0) is 13.8. The topological polar surface area (TPSA) is 29.9 Å². The first-order valence-electron chi connectivity index (χ1n) is 6.35. The summed E-state index contributed by atoms with van der Waals surface area (Å²) < 4.78 is 2.92. The van der Waals surface area contributed by atoms with Gasteiger partial charge in [0, 0.05) is 27.8 Å². The maximum Gasteiger partial charge on any atom is 0.0608 e. The maximum atomic E-state index is 6.14. The molecule has 0 radical (unpaired) electrons. The number of benzene rings is 1. The SMILES string of the molecule is CCNC(c1cc(Cl)cc(Br)c1)c1cnn(CC)c1. The maximum absolute atomic E-state index is 6.14. The quantitative estimate of drug-likeness (QED) is 0.889. The van der Waals surface area contributed by atoms with Crippen LogP contribution in [0.3, 0.4) is 0 Å². The molecule has 1 atom stereocenters. The van der Waals surface area contributed by atoms with Crippen molar-refractivity contribution >= 4 is 27.5 Å². The van der Waals surface area contributed by atoms with Gasteiger partial charge in [-0.3, -0.25) is 4.68 Å². The van der Waals surface area contributed by atoms with Crippen LogP contribution >= 0.6 is 27.5 Å². The van der Waals surface area contributed by atoms with Crippen LogP contribution in [0.15, 0.2) is 35.1 Å². The summed E-state index contributed by atoms with van der Waals surface area (Å²) in [5.41, 5.74) is 2.29. The number of aromatic nitrogens is 2. The number of nitrogens with one attached hydrogen (secondary N) is 1. The lowest BCUT2D eigenvalue weighted by atomic mass is 10.0. The van der Waals surface area contributed by atoms with E-state index in [1.807, 2.05) is 23.0 Å². The van der Waals surface area contributed by atoms with Gasteiger partial charge in [-0.05, 0) is 37.2 Å². The summed E-state index contributed by atoms with van der Waals surface area (Å²) in [6.07, 6.45) is 3.98. The molecule has 2 aromatic rings. The molecule has 1 unspecified atom stereocenters. The van der Waals surface area contributed by atoms with Crippen LogP contribution in [0, 0.1) is 0 Å². The lowest BCUT2D eigenvalue weighted by Gasteiger charge is -2.17. The first-order valence-corrected chi connectivity index (χ1v) is 7.52. The van der Waals surface area contributed by atoms with Gasteiger partial charge in [-0.2, -0.15) is 5.10 Å². The fourth-order valence-corrected chi connectivity index (χ4v) is 2.96. The van der Waals surface area contributed by atoms with Crippen molar-refractivity contribution in [1.29, 1.82) is 0 Å². The number of rotatable bonds is 5. The molecular weight excluding hydrogens is 326 g/mol. The van der Waals surface area contributed by atoms with Crippen LogP contribution < -0.4 is 5.32 Å². The number of hydrogen-bond donors (Lipinski definition) is 1. The fraction of sp³-hybridized carbons (Fsp3) is 0.357. The van der Waals surface area contributed by atoms with E-state index in [9.17, 15) is 0 Å². The minimum Gasteiger partial charge on any atom is -0.306 e. The average molecular weight is 343 g/mol. The summed E-state index contributed by atoms with van der Waals surface area (Å²) in [7, 11) is 0. The smallest absolute Gasteiger partial charge is 0.0608 e. The standard InChI is InChI=1S/C14H17BrClN3/c1-3-17-14(11-8-18-19(4-2)9-11)10-5-12(15)7-13(16)6-10/h5-9,14,17H,3-4H2,1-2H3. The monoisotopic (exact) mass is 341 g/mol. The average Bonchev–Trinajstić information content (AvgIpc) is 2.83. The molecule has 0 saturated carbocycles. The third kappa shape index (κ3) is 3.59. The van der Waals surface area contributed by atoms with Crippen molar-refractivity contribution in [3.8, 4) is 0 Å². The van der Waals surface area contributed by atoms with Crippen LogP contribution in [-0.4, -0.2) is 16.3 Å². The number of nitrogens with zero attached hydrogens (tertiary/aromatic N) is 2. The first-order chi connectivity index (χ1) is 9.13. The summed E-state index contributed by atoms with van der Waals surface area (Å²) in [5.74, 6) is 0. The van der Waals surface area contributed by atoms with Crippen LogP contribution in [0.5, 0.6) is 0 Å². The third-order valence-corrected chi connectivity index (χ3v) is 3.61. The Morgan fingerprint density at radius 3 is 2.68 bits per heavy atom. The highest BCUT2D eigenvalue weighted by atomic mass is 79.9. The molecule has 1 aromatic carbocycles. The zero-order valence-electron chi connectivity index (χ0n) is 11.0. The van der Waals surface area contributed by atoms with Crippen molar-refractivity contribution in [2.24, 2.45) is 0 Å². The van der Waals surface area contributed by atoms with E-state index < -0.39 is 0 Å². The van der Waals surface area contributed by atoms with E-state index in [1.165, 1.54) is 0 Å². The number of hydrogen-bond acceptors (Lipinski definition) is 2. The Kier molecular flexibility index (Phi) is 5.02. The van der Waals surface area contributed by atoms with Crippen molar-refractivity contribution in [3.05, 3.63) is 51.2 Å². The molecule has 102 valence electrons. The first kappa shape index (κ1) is 14.6. The Labute approximate surface area is 127 Å². The van der Waals surface area contributed by atoms with E-state index in [1.54, 1.807) is 0 Å². The molecule has 1 N–H and O–H groups in total. The molecule has 0 bridgehead atoms. The minimum atomic E-state index is 0.111. The predicted molar refractivity (Wildman–Crippen MR) is 82.6 cm³/mol. The second-order valence-corrected chi connectivity index (χ2v) is 5.67. The molecule has 1 heterocycles. The molecule has 0 spiro atoms. The van der Waals surface area contributed by atoms with Crippen LogP contribution in [0.2, 0.25) is 5.02 Å². The highest BCUT2D eigenvalue weighted by Gasteiger charge is 2.16. The molecule has 0 aliphatic heterocycles. The molecule has 0 saturated heterocycles.